The molecule has 0 aliphatic heterocycles. The highest BCUT2D eigenvalue weighted by Gasteiger charge is 2.18. The first-order valence-electron chi connectivity index (χ1n) is 10.1. The summed E-state index contributed by atoms with van der Waals surface area (Å²) in [7, 11) is 0. The Morgan fingerprint density at radius 3 is 1.90 bits per heavy atom. The van der Waals surface area contributed by atoms with Crippen molar-refractivity contribution in [2.45, 2.75) is 26.3 Å². The summed E-state index contributed by atoms with van der Waals surface area (Å²) in [5.74, 6) is 1.67. The first kappa shape index (κ1) is 21.7. The van der Waals surface area contributed by atoms with Crippen LogP contribution >= 0.6 is 11.6 Å². The summed E-state index contributed by atoms with van der Waals surface area (Å²) in [5.41, 5.74) is 2.57. The second-order valence-corrected chi connectivity index (χ2v) is 7.23. The van der Waals surface area contributed by atoms with Crippen LogP contribution in [-0.4, -0.2) is 19.0 Å². The minimum atomic E-state index is -0.193. The molecule has 0 spiro atoms. The molecular weight excluding hydrogens is 398 g/mol. The summed E-state index contributed by atoms with van der Waals surface area (Å²) in [4.78, 5) is 12.9. The Hall–Kier alpha value is -2.98. The van der Waals surface area contributed by atoms with Gasteiger partial charge in [-0.05, 0) is 80.1 Å². The molecule has 0 saturated carbocycles. The Kier molecular flexibility index (Phi) is 7.75. The topological polar surface area (TPSA) is 47.6 Å². The molecule has 0 radical (unpaired) electrons. The molecule has 0 amide bonds. The van der Waals surface area contributed by atoms with Gasteiger partial charge in [-0.15, -0.1) is 0 Å². The predicted molar refractivity (Wildman–Crippen MR) is 122 cm³/mol. The molecule has 3 aromatic rings. The Balaban J connectivity index is 1.81. The van der Waals surface area contributed by atoms with Crippen molar-refractivity contribution in [3.63, 3.8) is 0 Å². The Morgan fingerprint density at radius 2 is 1.37 bits per heavy atom. The van der Waals surface area contributed by atoms with Crippen molar-refractivity contribution in [1.82, 2.24) is 0 Å². The molecule has 5 heteroatoms. The van der Waals surface area contributed by atoms with E-state index in [9.17, 15) is 4.79 Å². The van der Waals surface area contributed by atoms with Crippen LogP contribution in [0.15, 0.2) is 72.8 Å². The Labute approximate surface area is 182 Å². The van der Waals surface area contributed by atoms with Crippen LogP contribution in [0.5, 0.6) is 11.5 Å². The number of hydrogen-bond acceptors (Lipinski definition) is 4. The molecule has 3 rings (SSSR count). The molecule has 1 unspecified atom stereocenters. The van der Waals surface area contributed by atoms with Gasteiger partial charge in [0.15, 0.2) is 5.78 Å². The Morgan fingerprint density at radius 1 is 0.833 bits per heavy atom. The van der Waals surface area contributed by atoms with Crippen molar-refractivity contribution in [3.05, 3.63) is 88.9 Å². The molecule has 0 aliphatic carbocycles. The van der Waals surface area contributed by atoms with Gasteiger partial charge in [-0.1, -0.05) is 23.7 Å². The van der Waals surface area contributed by atoms with Crippen LogP contribution in [0.4, 0.5) is 5.69 Å². The van der Waals surface area contributed by atoms with Gasteiger partial charge >= 0.3 is 0 Å². The maximum Gasteiger partial charge on any atom is 0.165 e. The van der Waals surface area contributed by atoms with E-state index in [1.54, 1.807) is 24.3 Å². The molecule has 156 valence electrons. The number of hydrogen-bond donors (Lipinski definition) is 1. The van der Waals surface area contributed by atoms with E-state index in [4.69, 9.17) is 21.1 Å². The van der Waals surface area contributed by atoms with Crippen LogP contribution in [0, 0.1) is 0 Å². The molecule has 0 aliphatic rings. The molecule has 0 aromatic heterocycles. The molecule has 30 heavy (non-hydrogen) atoms. The summed E-state index contributed by atoms with van der Waals surface area (Å²) in [6, 6.07) is 22.4. The first-order valence-corrected chi connectivity index (χ1v) is 10.5. The summed E-state index contributed by atoms with van der Waals surface area (Å²) < 4.78 is 11.1. The molecule has 4 nitrogen and oxygen atoms in total. The minimum Gasteiger partial charge on any atom is -0.494 e. The maximum atomic E-state index is 12.9. The lowest BCUT2D eigenvalue weighted by molar-refractivity contribution is 0.0976. The van der Waals surface area contributed by atoms with E-state index < -0.39 is 0 Å². The fourth-order valence-electron chi connectivity index (χ4n) is 3.17. The van der Waals surface area contributed by atoms with Crippen LogP contribution in [-0.2, 0) is 0 Å². The standard InChI is InChI=1S/C25H26ClNO3/c1-3-29-22-13-7-18(8-14-22)24(17-25(28)19-5-9-20(26)10-6-19)27-21-11-15-23(16-12-21)30-4-2/h5-16,24,27H,3-4,17H2,1-2H3. The van der Waals surface area contributed by atoms with E-state index in [1.165, 1.54) is 0 Å². The van der Waals surface area contributed by atoms with E-state index in [-0.39, 0.29) is 11.8 Å². The number of ketones is 1. The normalized spacial score (nSPS) is 11.6. The largest absolute Gasteiger partial charge is 0.494 e. The van der Waals surface area contributed by atoms with E-state index in [1.807, 2.05) is 62.4 Å². The van der Waals surface area contributed by atoms with E-state index >= 15 is 0 Å². The molecule has 0 fully saturated rings. The highest BCUT2D eigenvalue weighted by Crippen LogP contribution is 2.27. The van der Waals surface area contributed by atoms with Crippen molar-refractivity contribution >= 4 is 23.1 Å². The first-order chi connectivity index (χ1) is 14.6. The van der Waals surface area contributed by atoms with Crippen LogP contribution < -0.4 is 14.8 Å². The number of ether oxygens (including phenoxy) is 2. The van der Waals surface area contributed by atoms with Crippen molar-refractivity contribution in [3.8, 4) is 11.5 Å². The summed E-state index contributed by atoms with van der Waals surface area (Å²) in [6.45, 7) is 5.14. The molecule has 0 bridgehead atoms. The number of rotatable bonds is 10. The predicted octanol–water partition coefficient (Wildman–Crippen LogP) is 6.56. The third-order valence-corrected chi connectivity index (χ3v) is 4.91. The number of benzene rings is 3. The van der Waals surface area contributed by atoms with Gasteiger partial charge in [-0.3, -0.25) is 4.79 Å². The Bertz CT molecular complexity index is 938. The summed E-state index contributed by atoms with van der Waals surface area (Å²) in [5, 5.41) is 4.10. The van der Waals surface area contributed by atoms with Crippen LogP contribution in [0.3, 0.4) is 0 Å². The zero-order valence-corrected chi connectivity index (χ0v) is 18.0. The molecule has 1 N–H and O–H groups in total. The van der Waals surface area contributed by atoms with Crippen LogP contribution in [0.25, 0.3) is 0 Å². The number of nitrogens with one attached hydrogen (secondary N) is 1. The monoisotopic (exact) mass is 423 g/mol. The van der Waals surface area contributed by atoms with Crippen molar-refractivity contribution in [1.29, 1.82) is 0 Å². The van der Waals surface area contributed by atoms with Gasteiger partial charge in [-0.25, -0.2) is 0 Å². The number of carbonyl (C=O) groups is 1. The minimum absolute atomic E-state index is 0.0454. The van der Waals surface area contributed by atoms with Gasteiger partial charge in [0.05, 0.1) is 19.3 Å². The number of carbonyl (C=O) groups excluding carboxylic acids is 1. The smallest absolute Gasteiger partial charge is 0.165 e. The van der Waals surface area contributed by atoms with Crippen molar-refractivity contribution < 1.29 is 14.3 Å². The van der Waals surface area contributed by atoms with Crippen molar-refractivity contribution in [2.24, 2.45) is 0 Å². The maximum absolute atomic E-state index is 12.9. The highest BCUT2D eigenvalue weighted by atomic mass is 35.5. The molecular formula is C25H26ClNO3. The number of anilines is 1. The number of Topliss-reactive ketones (excluding diaryl/α,β-unsaturated/α-hetero) is 1. The lowest BCUT2D eigenvalue weighted by Gasteiger charge is -2.21. The second kappa shape index (κ2) is 10.7. The van der Waals surface area contributed by atoms with Gasteiger partial charge in [0.1, 0.15) is 11.5 Å². The van der Waals surface area contributed by atoms with E-state index in [2.05, 4.69) is 5.32 Å². The highest BCUT2D eigenvalue weighted by molar-refractivity contribution is 6.30. The SMILES string of the molecule is CCOc1ccc(NC(CC(=O)c2ccc(Cl)cc2)c2ccc(OCC)cc2)cc1. The second-order valence-electron chi connectivity index (χ2n) is 6.79. The third-order valence-electron chi connectivity index (χ3n) is 4.66. The average Bonchev–Trinajstić information content (AvgIpc) is 2.76. The molecule has 3 aromatic carbocycles. The van der Waals surface area contributed by atoms with E-state index in [0.29, 0.717) is 30.2 Å². The van der Waals surface area contributed by atoms with Gasteiger partial charge in [0.2, 0.25) is 0 Å². The fourth-order valence-corrected chi connectivity index (χ4v) is 3.30. The van der Waals surface area contributed by atoms with Gasteiger partial charge in [0, 0.05) is 22.7 Å². The molecule has 0 heterocycles. The summed E-state index contributed by atoms with van der Waals surface area (Å²) >= 11 is 5.96. The number of halogens is 1. The van der Waals surface area contributed by atoms with Crippen LogP contribution in [0.2, 0.25) is 5.02 Å². The van der Waals surface area contributed by atoms with Gasteiger partial charge in [-0.2, -0.15) is 0 Å². The molecule has 1 atom stereocenters. The quantitative estimate of drug-likeness (QED) is 0.375. The summed E-state index contributed by atoms with van der Waals surface area (Å²) in [6.07, 6.45) is 0.308. The third kappa shape index (κ3) is 6.01. The van der Waals surface area contributed by atoms with Gasteiger partial charge < -0.3 is 14.8 Å². The van der Waals surface area contributed by atoms with E-state index in [0.717, 1.165) is 22.7 Å². The molecule has 0 saturated heterocycles. The average molecular weight is 424 g/mol. The zero-order valence-electron chi connectivity index (χ0n) is 17.2. The fraction of sp³-hybridized carbons (Fsp3) is 0.240. The lowest BCUT2D eigenvalue weighted by atomic mass is 9.97. The zero-order chi connectivity index (χ0) is 21.3. The van der Waals surface area contributed by atoms with Crippen LogP contribution in [0.1, 0.15) is 42.2 Å². The van der Waals surface area contributed by atoms with Gasteiger partial charge in [0.25, 0.3) is 0 Å². The lowest BCUT2D eigenvalue weighted by Crippen LogP contribution is -2.16. The van der Waals surface area contributed by atoms with Crippen molar-refractivity contribution in [2.75, 3.05) is 18.5 Å².